The summed E-state index contributed by atoms with van der Waals surface area (Å²) in [5.74, 6) is 1.18. The van der Waals surface area contributed by atoms with Crippen molar-refractivity contribution in [2.24, 2.45) is 0 Å². The van der Waals surface area contributed by atoms with Gasteiger partial charge in [0.05, 0.1) is 12.7 Å². The molecule has 2 aromatic carbocycles. The number of benzene rings is 2. The molecule has 3 aromatic rings. The summed E-state index contributed by atoms with van der Waals surface area (Å²) in [4.78, 5) is 24.3. The maximum absolute atomic E-state index is 12.8. The molecule has 0 saturated heterocycles. The highest BCUT2D eigenvalue weighted by Gasteiger charge is 2.28. The van der Waals surface area contributed by atoms with Crippen LogP contribution in [0.15, 0.2) is 48.4 Å². The van der Waals surface area contributed by atoms with E-state index in [-0.39, 0.29) is 23.9 Å². The van der Waals surface area contributed by atoms with Gasteiger partial charge in [0.25, 0.3) is 0 Å². The first kappa shape index (κ1) is 18.8. The van der Waals surface area contributed by atoms with Crippen molar-refractivity contribution in [1.29, 1.82) is 0 Å². The van der Waals surface area contributed by atoms with E-state index in [4.69, 9.17) is 14.2 Å². The van der Waals surface area contributed by atoms with Crippen LogP contribution < -0.4 is 14.2 Å². The average molecular weight is 391 g/mol. The van der Waals surface area contributed by atoms with E-state index in [0.29, 0.717) is 17.1 Å². The van der Waals surface area contributed by atoms with Crippen LogP contribution in [-0.2, 0) is 11.3 Å². The molecule has 148 valence electrons. The average Bonchev–Trinajstić information content (AvgIpc) is 3.24. The highest BCUT2D eigenvalue weighted by Crippen LogP contribution is 2.36. The largest absolute Gasteiger partial charge is 0.497 e. The van der Waals surface area contributed by atoms with E-state index in [1.165, 1.54) is 0 Å². The number of hydrogen-bond donors (Lipinski definition) is 0. The Kier molecular flexibility index (Phi) is 4.84. The molecular weight excluding hydrogens is 370 g/mol. The van der Waals surface area contributed by atoms with Gasteiger partial charge in [-0.3, -0.25) is 9.59 Å². The summed E-state index contributed by atoms with van der Waals surface area (Å²) in [6, 6.07) is 10.7. The number of hydrogen-bond acceptors (Lipinski definition) is 5. The fourth-order valence-corrected chi connectivity index (χ4v) is 3.38. The summed E-state index contributed by atoms with van der Waals surface area (Å²) < 4.78 is 18.5. The molecule has 0 radical (unpaired) electrons. The summed E-state index contributed by atoms with van der Waals surface area (Å²) in [5.41, 5.74) is 2.37. The van der Waals surface area contributed by atoms with Gasteiger partial charge in [0.2, 0.25) is 5.78 Å². The Bertz CT molecular complexity index is 1160. The van der Waals surface area contributed by atoms with E-state index in [1.807, 2.05) is 24.4 Å². The Morgan fingerprint density at radius 2 is 1.93 bits per heavy atom. The number of nitrogens with zero attached hydrogens (tertiary/aromatic N) is 1. The number of fused-ring (bicyclic) bond motifs is 2. The third-order valence-electron chi connectivity index (χ3n) is 4.91. The van der Waals surface area contributed by atoms with Crippen molar-refractivity contribution in [2.75, 3.05) is 7.11 Å². The van der Waals surface area contributed by atoms with Crippen LogP contribution in [0.25, 0.3) is 17.0 Å². The maximum atomic E-state index is 12.8. The number of ether oxygens (including phenoxy) is 3. The molecule has 0 unspecified atom stereocenters. The molecule has 0 N–H and O–H groups in total. The van der Waals surface area contributed by atoms with Gasteiger partial charge in [-0.1, -0.05) is 6.92 Å². The lowest BCUT2D eigenvalue weighted by Gasteiger charge is -2.04. The van der Waals surface area contributed by atoms with Crippen LogP contribution in [0.3, 0.4) is 0 Å². The topological polar surface area (TPSA) is 66.8 Å². The molecule has 0 amide bonds. The smallest absolute Gasteiger partial charge is 0.310 e. The molecule has 0 spiro atoms. The lowest BCUT2D eigenvalue weighted by molar-refractivity contribution is -0.134. The molecule has 29 heavy (non-hydrogen) atoms. The highest BCUT2D eigenvalue weighted by atomic mass is 16.5. The second-order valence-corrected chi connectivity index (χ2v) is 6.68. The summed E-state index contributed by atoms with van der Waals surface area (Å²) >= 11 is 0. The number of rotatable bonds is 5. The zero-order chi connectivity index (χ0) is 20.5. The number of allylic oxidation sites excluding steroid dienone is 1. The Morgan fingerprint density at radius 3 is 2.66 bits per heavy atom. The van der Waals surface area contributed by atoms with Crippen LogP contribution in [-0.4, -0.2) is 23.4 Å². The van der Waals surface area contributed by atoms with Crippen molar-refractivity contribution in [1.82, 2.24) is 4.57 Å². The van der Waals surface area contributed by atoms with E-state index in [2.05, 4.69) is 11.5 Å². The fourth-order valence-electron chi connectivity index (χ4n) is 3.38. The molecule has 6 heteroatoms. The molecule has 2 heterocycles. The monoisotopic (exact) mass is 391 g/mol. The summed E-state index contributed by atoms with van der Waals surface area (Å²) in [6.07, 6.45) is 4.01. The minimum Gasteiger partial charge on any atom is -0.497 e. The van der Waals surface area contributed by atoms with E-state index < -0.39 is 0 Å². The van der Waals surface area contributed by atoms with Gasteiger partial charge in [-0.05, 0) is 43.3 Å². The van der Waals surface area contributed by atoms with Gasteiger partial charge in [-0.15, -0.1) is 0 Å². The first-order chi connectivity index (χ1) is 14.0. The van der Waals surface area contributed by atoms with Crippen molar-refractivity contribution >= 4 is 28.7 Å². The molecule has 0 aliphatic carbocycles. The van der Waals surface area contributed by atoms with E-state index in [1.54, 1.807) is 38.3 Å². The molecule has 6 nitrogen and oxygen atoms in total. The second kappa shape index (κ2) is 7.47. The normalized spacial score (nSPS) is 14.2. The molecule has 1 aromatic heterocycles. The quantitative estimate of drug-likeness (QED) is 0.361. The van der Waals surface area contributed by atoms with Gasteiger partial charge in [-0.2, -0.15) is 0 Å². The molecule has 4 rings (SSSR count). The van der Waals surface area contributed by atoms with Gasteiger partial charge in [0.1, 0.15) is 17.2 Å². The second-order valence-electron chi connectivity index (χ2n) is 6.68. The Balaban J connectivity index is 1.72. The Hall–Kier alpha value is -3.54. The van der Waals surface area contributed by atoms with Crippen molar-refractivity contribution in [3.8, 4) is 17.2 Å². The SMILES string of the molecule is CCC(=O)Oc1ccc2c(c1)O/C(=C\c1cn(CC)c3ccc(OC)cc13)C2=O. The van der Waals surface area contributed by atoms with Crippen molar-refractivity contribution < 1.29 is 23.8 Å². The molecule has 0 atom stereocenters. The molecule has 1 aliphatic rings. The first-order valence-corrected chi connectivity index (χ1v) is 9.50. The number of aryl methyl sites for hydroxylation is 1. The third kappa shape index (κ3) is 3.38. The lowest BCUT2D eigenvalue weighted by atomic mass is 10.1. The van der Waals surface area contributed by atoms with Crippen molar-refractivity contribution in [2.45, 2.75) is 26.8 Å². The van der Waals surface area contributed by atoms with Gasteiger partial charge in [0.15, 0.2) is 5.76 Å². The van der Waals surface area contributed by atoms with Gasteiger partial charge >= 0.3 is 5.97 Å². The standard InChI is InChI=1S/C23H21NO5/c1-4-22(25)28-16-6-8-17-20(12-16)29-21(23(17)26)10-14-13-24(5-2)19-9-7-15(27-3)11-18(14)19/h6-13H,4-5H2,1-3H3/b21-10-. The number of esters is 1. The zero-order valence-electron chi connectivity index (χ0n) is 16.5. The minimum atomic E-state index is -0.341. The van der Waals surface area contributed by atoms with Gasteiger partial charge in [0, 0.05) is 41.7 Å². The van der Waals surface area contributed by atoms with Crippen molar-refractivity contribution in [3.63, 3.8) is 0 Å². The zero-order valence-corrected chi connectivity index (χ0v) is 16.5. The molecule has 0 fully saturated rings. The maximum Gasteiger partial charge on any atom is 0.310 e. The molecule has 1 aliphatic heterocycles. The number of aromatic nitrogens is 1. The predicted octanol–water partition coefficient (Wildman–Crippen LogP) is 4.60. The highest BCUT2D eigenvalue weighted by molar-refractivity contribution is 6.15. The van der Waals surface area contributed by atoms with Crippen LogP contribution in [0, 0.1) is 0 Å². The summed E-state index contributed by atoms with van der Waals surface area (Å²) in [7, 11) is 1.62. The molecule has 0 saturated carbocycles. The summed E-state index contributed by atoms with van der Waals surface area (Å²) in [5, 5.41) is 0.976. The number of Topliss-reactive ketones (excluding diaryl/α,β-unsaturated/α-hetero) is 1. The van der Waals surface area contributed by atoms with Crippen LogP contribution in [0.4, 0.5) is 0 Å². The van der Waals surface area contributed by atoms with Gasteiger partial charge in [-0.25, -0.2) is 0 Å². The van der Waals surface area contributed by atoms with Gasteiger partial charge < -0.3 is 18.8 Å². The van der Waals surface area contributed by atoms with E-state index >= 15 is 0 Å². The molecule has 0 bridgehead atoms. The van der Waals surface area contributed by atoms with Crippen LogP contribution in [0.5, 0.6) is 17.2 Å². The number of carbonyl (C=O) groups is 2. The first-order valence-electron chi connectivity index (χ1n) is 9.50. The van der Waals surface area contributed by atoms with E-state index in [0.717, 1.165) is 28.8 Å². The van der Waals surface area contributed by atoms with Crippen LogP contribution >= 0.6 is 0 Å². The van der Waals surface area contributed by atoms with Crippen molar-refractivity contribution in [3.05, 3.63) is 59.5 Å². The van der Waals surface area contributed by atoms with Crippen LogP contribution in [0.1, 0.15) is 36.2 Å². The van der Waals surface area contributed by atoms with Crippen LogP contribution in [0.2, 0.25) is 0 Å². The number of ketones is 1. The minimum absolute atomic E-state index is 0.200. The Morgan fingerprint density at radius 1 is 1.14 bits per heavy atom. The number of carbonyl (C=O) groups excluding carboxylic acids is 2. The number of methoxy groups -OCH3 is 1. The Labute approximate surface area is 168 Å². The lowest BCUT2D eigenvalue weighted by Crippen LogP contribution is -2.05. The van der Waals surface area contributed by atoms with E-state index in [9.17, 15) is 9.59 Å². The predicted molar refractivity (Wildman–Crippen MR) is 109 cm³/mol. The molecular formula is C23H21NO5. The third-order valence-corrected chi connectivity index (χ3v) is 4.91. The fraction of sp³-hybridized carbons (Fsp3) is 0.217. The summed E-state index contributed by atoms with van der Waals surface area (Å²) in [6.45, 7) is 4.58.